The number of pyridine rings is 2. The number of aliphatic carboxylic acids is 3. The van der Waals surface area contributed by atoms with Crippen LogP contribution >= 0.6 is 0 Å². The predicted molar refractivity (Wildman–Crippen MR) is 155 cm³/mol. The Morgan fingerprint density at radius 2 is 1.31 bits per heavy atom. The number of carboxylic acid groups (broad SMARTS) is 3. The van der Waals surface area contributed by atoms with E-state index in [1.54, 1.807) is 18.6 Å². The number of rotatable bonds is 2. The third-order valence-electron chi connectivity index (χ3n) is 7.09. The van der Waals surface area contributed by atoms with Crippen LogP contribution in [0.3, 0.4) is 0 Å². The summed E-state index contributed by atoms with van der Waals surface area (Å²) in [7, 11) is 1.98. The summed E-state index contributed by atoms with van der Waals surface area (Å²) < 4.78 is 95.2. The molecular formula is C29H26F9N5O8. The highest BCUT2D eigenvalue weighted by Crippen LogP contribution is 2.34. The molecule has 3 aromatic rings. The number of hydrogen-bond acceptors (Lipinski definition) is 8. The summed E-state index contributed by atoms with van der Waals surface area (Å²) in [5.41, 5.74) is 2.11. The lowest BCUT2D eigenvalue weighted by molar-refractivity contribution is -0.193. The van der Waals surface area contributed by atoms with Crippen molar-refractivity contribution in [3.8, 4) is 0 Å². The largest absolute Gasteiger partial charge is 0.490 e. The Bertz CT molecular complexity index is 1670. The Morgan fingerprint density at radius 3 is 1.80 bits per heavy atom. The predicted octanol–water partition coefficient (Wildman–Crippen LogP) is 4.09. The fourth-order valence-corrected chi connectivity index (χ4v) is 4.57. The van der Waals surface area contributed by atoms with Gasteiger partial charge in [-0.05, 0) is 49.9 Å². The van der Waals surface area contributed by atoms with Crippen molar-refractivity contribution in [2.24, 2.45) is 0 Å². The molecule has 51 heavy (non-hydrogen) atoms. The molecule has 2 aliphatic rings. The lowest BCUT2D eigenvalue weighted by Gasteiger charge is -2.46. The van der Waals surface area contributed by atoms with Crippen LogP contribution in [-0.2, 0) is 19.2 Å². The SMILES string of the molecule is CN1CC(=O)N(c2cccnc2)CC12CCN(C(=O)c1ccc3ncccc3c1)C2.O=C(O)C(F)(F)F.O=C(O)C(F)(F)F.O=C(O)C(F)(F)F. The van der Waals surface area contributed by atoms with Gasteiger partial charge in [0.1, 0.15) is 0 Å². The molecule has 3 N–H and O–H groups in total. The van der Waals surface area contributed by atoms with Crippen LogP contribution in [-0.4, -0.2) is 122 Å². The number of fused-ring (bicyclic) bond motifs is 1. The van der Waals surface area contributed by atoms with Crippen molar-refractivity contribution in [2.45, 2.75) is 30.5 Å². The average Bonchev–Trinajstić information content (AvgIpc) is 3.47. The zero-order valence-corrected chi connectivity index (χ0v) is 25.8. The van der Waals surface area contributed by atoms with Crippen LogP contribution in [0.4, 0.5) is 45.2 Å². The van der Waals surface area contributed by atoms with E-state index in [2.05, 4.69) is 14.9 Å². The maximum Gasteiger partial charge on any atom is 0.490 e. The van der Waals surface area contributed by atoms with E-state index in [1.807, 2.05) is 59.3 Å². The first kappa shape index (κ1) is 41.6. The van der Waals surface area contributed by atoms with Crippen molar-refractivity contribution in [3.05, 3.63) is 66.6 Å². The molecule has 0 radical (unpaired) electrons. The van der Waals surface area contributed by atoms with Gasteiger partial charge in [-0.2, -0.15) is 39.5 Å². The summed E-state index contributed by atoms with van der Waals surface area (Å²) in [5.74, 6) is -8.19. The molecule has 1 aromatic carbocycles. The molecule has 4 heterocycles. The molecule has 0 aliphatic carbocycles. The van der Waals surface area contributed by atoms with E-state index in [9.17, 15) is 49.1 Å². The number of amides is 2. The minimum Gasteiger partial charge on any atom is -0.475 e. The second-order valence-electron chi connectivity index (χ2n) is 10.6. The number of carbonyl (C=O) groups is 5. The smallest absolute Gasteiger partial charge is 0.475 e. The first-order valence-corrected chi connectivity index (χ1v) is 13.8. The first-order chi connectivity index (χ1) is 23.4. The summed E-state index contributed by atoms with van der Waals surface area (Å²) >= 11 is 0. The number of likely N-dealkylation sites (tertiary alicyclic amines) is 1. The van der Waals surface area contributed by atoms with Crippen molar-refractivity contribution < 1.29 is 78.8 Å². The van der Waals surface area contributed by atoms with Crippen molar-refractivity contribution in [1.29, 1.82) is 0 Å². The van der Waals surface area contributed by atoms with E-state index < -0.39 is 36.4 Å². The number of aromatic nitrogens is 2. The van der Waals surface area contributed by atoms with Gasteiger partial charge in [0.25, 0.3) is 5.91 Å². The standard InChI is InChI=1S/C23H23N5O2.3C2HF3O2/c1-26-14-21(29)28(19-5-3-9-24-13-19)16-23(26)8-11-27(15-23)22(30)18-6-7-20-17(12-18)4-2-10-25-20;3*3-2(4,5)1(6)7/h2-7,9-10,12-13H,8,11,14-16H2,1H3;3*(H,6,7). The number of benzene rings is 1. The third-order valence-corrected chi connectivity index (χ3v) is 7.09. The van der Waals surface area contributed by atoms with Gasteiger partial charge in [0.2, 0.25) is 5.91 Å². The molecule has 13 nitrogen and oxygen atoms in total. The number of halogens is 9. The minimum absolute atomic E-state index is 0.0239. The van der Waals surface area contributed by atoms with Gasteiger partial charge in [-0.25, -0.2) is 14.4 Å². The zero-order chi connectivity index (χ0) is 38.9. The highest BCUT2D eigenvalue weighted by atomic mass is 19.4. The molecule has 1 atom stereocenters. The molecule has 1 spiro atoms. The highest BCUT2D eigenvalue weighted by molar-refractivity contribution is 5.99. The third kappa shape index (κ3) is 11.8. The normalized spacial score (nSPS) is 17.7. The monoisotopic (exact) mass is 743 g/mol. The molecule has 2 amide bonds. The van der Waals surface area contributed by atoms with Crippen LogP contribution < -0.4 is 4.90 Å². The molecule has 2 aromatic heterocycles. The maximum absolute atomic E-state index is 13.2. The molecule has 2 aliphatic heterocycles. The quantitative estimate of drug-likeness (QED) is 0.322. The number of piperazine rings is 1. The summed E-state index contributed by atoms with van der Waals surface area (Å²) in [4.78, 5) is 66.9. The Morgan fingerprint density at radius 1 is 0.784 bits per heavy atom. The van der Waals surface area contributed by atoms with E-state index in [0.717, 1.165) is 23.0 Å². The number of hydrogen-bond donors (Lipinski definition) is 3. The van der Waals surface area contributed by atoms with Gasteiger partial charge in [-0.3, -0.25) is 24.5 Å². The van der Waals surface area contributed by atoms with Gasteiger partial charge in [0.05, 0.1) is 29.5 Å². The van der Waals surface area contributed by atoms with Gasteiger partial charge in [-0.15, -0.1) is 0 Å². The Kier molecular flexibility index (Phi) is 13.4. The summed E-state index contributed by atoms with van der Waals surface area (Å²) in [6.07, 6.45) is -9.25. The lowest BCUT2D eigenvalue weighted by Crippen LogP contribution is -2.64. The van der Waals surface area contributed by atoms with Crippen molar-refractivity contribution in [1.82, 2.24) is 19.8 Å². The Balaban J connectivity index is 0.000000352. The van der Waals surface area contributed by atoms with Crippen LogP contribution in [0.25, 0.3) is 10.9 Å². The number of carboxylic acids is 3. The van der Waals surface area contributed by atoms with E-state index in [0.29, 0.717) is 31.7 Å². The molecule has 0 bridgehead atoms. The molecule has 2 saturated heterocycles. The van der Waals surface area contributed by atoms with Gasteiger partial charge >= 0.3 is 36.4 Å². The molecular weight excluding hydrogens is 717 g/mol. The second-order valence-corrected chi connectivity index (χ2v) is 10.6. The van der Waals surface area contributed by atoms with Crippen molar-refractivity contribution in [2.75, 3.05) is 38.1 Å². The molecule has 278 valence electrons. The van der Waals surface area contributed by atoms with Crippen molar-refractivity contribution in [3.63, 3.8) is 0 Å². The van der Waals surface area contributed by atoms with Crippen LogP contribution in [0.15, 0.2) is 61.1 Å². The fourth-order valence-electron chi connectivity index (χ4n) is 4.57. The van der Waals surface area contributed by atoms with Gasteiger partial charge in [-0.1, -0.05) is 6.07 Å². The van der Waals surface area contributed by atoms with Crippen LogP contribution in [0, 0.1) is 0 Å². The van der Waals surface area contributed by atoms with Crippen LogP contribution in [0.2, 0.25) is 0 Å². The highest BCUT2D eigenvalue weighted by Gasteiger charge is 2.49. The molecule has 5 rings (SSSR count). The van der Waals surface area contributed by atoms with E-state index in [4.69, 9.17) is 29.7 Å². The Labute approximate surface area is 280 Å². The number of alkyl halides is 9. The van der Waals surface area contributed by atoms with E-state index >= 15 is 0 Å². The zero-order valence-electron chi connectivity index (χ0n) is 25.8. The average molecular weight is 744 g/mol. The van der Waals surface area contributed by atoms with E-state index in [1.165, 1.54) is 0 Å². The molecule has 2 fully saturated rings. The van der Waals surface area contributed by atoms with Gasteiger partial charge in [0.15, 0.2) is 0 Å². The van der Waals surface area contributed by atoms with Gasteiger partial charge in [0, 0.05) is 43.0 Å². The Hall–Kier alpha value is -5.54. The molecule has 1 unspecified atom stereocenters. The number of nitrogens with zero attached hydrogens (tertiary/aromatic N) is 5. The number of likely N-dealkylation sites (N-methyl/N-ethyl adjacent to an activating group) is 1. The molecule has 0 saturated carbocycles. The maximum atomic E-state index is 13.2. The van der Waals surface area contributed by atoms with Crippen LogP contribution in [0.5, 0.6) is 0 Å². The summed E-state index contributed by atoms with van der Waals surface area (Å²) in [5, 5.41) is 22.3. The van der Waals surface area contributed by atoms with E-state index in [-0.39, 0.29) is 17.4 Å². The van der Waals surface area contributed by atoms with Crippen molar-refractivity contribution >= 4 is 46.3 Å². The lowest BCUT2D eigenvalue weighted by atomic mass is 9.92. The summed E-state index contributed by atoms with van der Waals surface area (Å²) in [6, 6.07) is 13.2. The first-order valence-electron chi connectivity index (χ1n) is 13.8. The minimum atomic E-state index is -5.08. The number of anilines is 1. The number of carbonyl (C=O) groups excluding carboxylic acids is 2. The topological polar surface area (TPSA) is 182 Å². The second kappa shape index (κ2) is 16.4. The molecule has 22 heteroatoms. The van der Waals surface area contributed by atoms with Gasteiger partial charge < -0.3 is 25.1 Å². The fraction of sp³-hybridized carbons (Fsp3) is 0.345. The summed E-state index contributed by atoms with van der Waals surface area (Å²) in [6.45, 7) is 2.15. The van der Waals surface area contributed by atoms with Crippen LogP contribution in [0.1, 0.15) is 16.8 Å².